The molecule has 0 bridgehead atoms. The second-order valence-corrected chi connectivity index (χ2v) is 5.38. The Morgan fingerprint density at radius 1 is 1.26 bits per heavy atom. The van der Waals surface area contributed by atoms with Gasteiger partial charge >= 0.3 is 0 Å². The van der Waals surface area contributed by atoms with Crippen LogP contribution >= 0.6 is 0 Å². The van der Waals surface area contributed by atoms with E-state index in [2.05, 4.69) is 24.9 Å². The Hall–Kier alpha value is -1.96. The number of rotatable bonds is 3. The van der Waals surface area contributed by atoms with Crippen molar-refractivity contribution in [3.63, 3.8) is 0 Å². The molecule has 0 atom stereocenters. The van der Waals surface area contributed by atoms with E-state index < -0.39 is 0 Å². The zero-order valence-electron chi connectivity index (χ0n) is 11.5. The number of Topliss-reactive ketones (excluding diaryl/α,β-unsaturated/α-hetero) is 1. The molecule has 2 heteroatoms. The Labute approximate surface area is 114 Å². The lowest BCUT2D eigenvalue weighted by Crippen LogP contribution is -2.08. The average molecular weight is 253 g/mol. The first-order valence-electron chi connectivity index (χ1n) is 6.57. The predicted molar refractivity (Wildman–Crippen MR) is 80.1 cm³/mol. The highest BCUT2D eigenvalue weighted by molar-refractivity contribution is 6.14. The van der Waals surface area contributed by atoms with Crippen LogP contribution in [-0.2, 0) is 4.79 Å². The van der Waals surface area contributed by atoms with E-state index in [9.17, 15) is 4.79 Å². The SMILES string of the molecule is CC1(C)C=CN=C(CC(=O)C2=CC=CCC=C2)C=C1. The van der Waals surface area contributed by atoms with E-state index in [0.717, 1.165) is 17.7 Å². The van der Waals surface area contributed by atoms with Crippen LogP contribution in [0.15, 0.2) is 65.4 Å². The average Bonchev–Trinajstić information content (AvgIpc) is 2.71. The molecule has 0 radical (unpaired) electrons. The number of hydrogen-bond donors (Lipinski definition) is 0. The van der Waals surface area contributed by atoms with Crippen molar-refractivity contribution in [2.75, 3.05) is 0 Å². The summed E-state index contributed by atoms with van der Waals surface area (Å²) in [5, 5.41) is 0. The largest absolute Gasteiger partial charge is 0.294 e. The van der Waals surface area contributed by atoms with Gasteiger partial charge in [-0.3, -0.25) is 9.79 Å². The van der Waals surface area contributed by atoms with Gasteiger partial charge in [-0.15, -0.1) is 0 Å². The molecule has 0 aromatic carbocycles. The lowest BCUT2D eigenvalue weighted by Gasteiger charge is -2.11. The number of ketones is 1. The van der Waals surface area contributed by atoms with E-state index in [1.807, 2.05) is 42.5 Å². The van der Waals surface area contributed by atoms with Gasteiger partial charge in [-0.1, -0.05) is 56.4 Å². The van der Waals surface area contributed by atoms with Crippen molar-refractivity contribution in [2.45, 2.75) is 26.7 Å². The van der Waals surface area contributed by atoms with Gasteiger partial charge < -0.3 is 0 Å². The minimum absolute atomic E-state index is 0.00146. The molecule has 0 saturated heterocycles. The minimum Gasteiger partial charge on any atom is -0.294 e. The van der Waals surface area contributed by atoms with Gasteiger partial charge in [0.1, 0.15) is 0 Å². The van der Waals surface area contributed by atoms with Crippen molar-refractivity contribution < 1.29 is 4.79 Å². The maximum atomic E-state index is 12.2. The lowest BCUT2D eigenvalue weighted by molar-refractivity contribution is -0.114. The summed E-state index contributed by atoms with van der Waals surface area (Å²) in [5.74, 6) is 0.110. The molecule has 2 aliphatic rings. The normalized spacial score (nSPS) is 20.5. The first kappa shape index (κ1) is 13.5. The Balaban J connectivity index is 2.08. The summed E-state index contributed by atoms with van der Waals surface area (Å²) < 4.78 is 0. The maximum absolute atomic E-state index is 12.2. The molecular formula is C17H19NO. The van der Waals surface area contributed by atoms with Crippen molar-refractivity contribution >= 4 is 11.5 Å². The molecule has 0 saturated carbocycles. The molecule has 0 aromatic heterocycles. The van der Waals surface area contributed by atoms with Gasteiger partial charge in [0.25, 0.3) is 0 Å². The molecule has 0 unspecified atom stereocenters. The minimum atomic E-state index is -0.00146. The highest BCUT2D eigenvalue weighted by Gasteiger charge is 2.14. The third-order valence-corrected chi connectivity index (χ3v) is 3.09. The Bertz CT molecular complexity index is 540. The van der Waals surface area contributed by atoms with Gasteiger partial charge in [-0.25, -0.2) is 0 Å². The van der Waals surface area contributed by atoms with Crippen molar-refractivity contribution in [2.24, 2.45) is 10.4 Å². The second kappa shape index (κ2) is 5.79. The zero-order chi connectivity index (χ0) is 13.7. The third-order valence-electron chi connectivity index (χ3n) is 3.09. The first-order chi connectivity index (χ1) is 9.07. The van der Waals surface area contributed by atoms with Gasteiger partial charge in [0.05, 0.1) is 6.42 Å². The molecule has 1 aliphatic heterocycles. The summed E-state index contributed by atoms with van der Waals surface area (Å²) >= 11 is 0. The fourth-order valence-electron chi connectivity index (χ4n) is 1.87. The maximum Gasteiger partial charge on any atom is 0.168 e. The van der Waals surface area contributed by atoms with Crippen molar-refractivity contribution in [1.29, 1.82) is 0 Å². The molecular weight excluding hydrogens is 234 g/mol. The summed E-state index contributed by atoms with van der Waals surface area (Å²) in [6, 6.07) is 0. The molecule has 0 amide bonds. The van der Waals surface area contributed by atoms with Crippen LogP contribution in [-0.4, -0.2) is 11.5 Å². The van der Waals surface area contributed by atoms with Crippen LogP contribution in [0.25, 0.3) is 0 Å². The van der Waals surface area contributed by atoms with Crippen molar-refractivity contribution in [3.8, 4) is 0 Å². The lowest BCUT2D eigenvalue weighted by atomic mass is 9.93. The number of aliphatic imine (C=N–C) groups is 1. The van der Waals surface area contributed by atoms with E-state index in [4.69, 9.17) is 0 Å². The Morgan fingerprint density at radius 2 is 2.11 bits per heavy atom. The molecule has 2 rings (SSSR count). The van der Waals surface area contributed by atoms with Crippen molar-refractivity contribution in [3.05, 3.63) is 60.4 Å². The van der Waals surface area contributed by atoms with Crippen LogP contribution in [0.3, 0.4) is 0 Å². The number of nitrogens with zero attached hydrogens (tertiary/aromatic N) is 1. The Kier molecular flexibility index (Phi) is 4.10. The zero-order valence-corrected chi connectivity index (χ0v) is 11.5. The highest BCUT2D eigenvalue weighted by atomic mass is 16.1. The molecule has 0 spiro atoms. The van der Waals surface area contributed by atoms with Crippen LogP contribution in [0.2, 0.25) is 0 Å². The highest BCUT2D eigenvalue weighted by Crippen LogP contribution is 2.21. The van der Waals surface area contributed by atoms with Gasteiger partial charge in [0, 0.05) is 22.9 Å². The Morgan fingerprint density at radius 3 is 2.95 bits per heavy atom. The van der Waals surface area contributed by atoms with Crippen LogP contribution in [0, 0.1) is 5.41 Å². The second-order valence-electron chi connectivity index (χ2n) is 5.38. The fraction of sp³-hybridized carbons (Fsp3) is 0.294. The molecule has 19 heavy (non-hydrogen) atoms. The first-order valence-corrected chi connectivity index (χ1v) is 6.57. The number of carbonyl (C=O) groups excluding carboxylic acids is 1. The van der Waals surface area contributed by atoms with Crippen LogP contribution in [0.4, 0.5) is 0 Å². The van der Waals surface area contributed by atoms with E-state index in [1.54, 1.807) is 6.20 Å². The summed E-state index contributed by atoms with van der Waals surface area (Å²) in [4.78, 5) is 16.5. The molecule has 2 nitrogen and oxygen atoms in total. The monoisotopic (exact) mass is 253 g/mol. The van der Waals surface area contributed by atoms with Gasteiger partial charge in [0.2, 0.25) is 0 Å². The summed E-state index contributed by atoms with van der Waals surface area (Å²) in [6.45, 7) is 4.23. The molecule has 0 fully saturated rings. The molecule has 98 valence electrons. The van der Waals surface area contributed by atoms with E-state index in [0.29, 0.717) is 6.42 Å². The summed E-state index contributed by atoms with van der Waals surface area (Å²) in [5.41, 5.74) is 1.56. The molecule has 1 aliphatic carbocycles. The van der Waals surface area contributed by atoms with Gasteiger partial charge in [-0.2, -0.15) is 0 Å². The predicted octanol–water partition coefficient (Wildman–Crippen LogP) is 3.94. The quantitative estimate of drug-likeness (QED) is 0.749. The molecule has 0 N–H and O–H groups in total. The standard InChI is InChI=1S/C17H19NO/c1-17(2)10-9-15(18-12-11-17)13-16(19)14-7-5-3-4-6-8-14/h3,5-12H,4,13H2,1-2H3. The van der Waals surface area contributed by atoms with E-state index in [1.165, 1.54) is 0 Å². The van der Waals surface area contributed by atoms with Crippen LogP contribution in [0.5, 0.6) is 0 Å². The number of hydrogen-bond acceptors (Lipinski definition) is 2. The fourth-order valence-corrected chi connectivity index (χ4v) is 1.87. The number of allylic oxidation sites excluding steroid dienone is 9. The third kappa shape index (κ3) is 4.02. The molecule has 1 heterocycles. The summed E-state index contributed by atoms with van der Waals surface area (Å²) in [7, 11) is 0. The molecule has 0 aromatic rings. The summed E-state index contributed by atoms with van der Waals surface area (Å²) in [6.07, 6.45) is 18.8. The van der Waals surface area contributed by atoms with E-state index in [-0.39, 0.29) is 11.2 Å². The van der Waals surface area contributed by atoms with Gasteiger partial charge in [-0.05, 0) is 12.5 Å². The smallest absolute Gasteiger partial charge is 0.168 e. The van der Waals surface area contributed by atoms with Crippen LogP contribution < -0.4 is 0 Å². The topological polar surface area (TPSA) is 29.4 Å². The van der Waals surface area contributed by atoms with Crippen LogP contribution in [0.1, 0.15) is 26.7 Å². The van der Waals surface area contributed by atoms with Crippen molar-refractivity contribution in [1.82, 2.24) is 0 Å². The van der Waals surface area contributed by atoms with E-state index >= 15 is 0 Å². The number of carbonyl (C=O) groups is 1. The van der Waals surface area contributed by atoms with Gasteiger partial charge in [0.15, 0.2) is 5.78 Å².